The topological polar surface area (TPSA) is 52.6 Å². The maximum Gasteiger partial charge on any atom is 0.422 e. The van der Waals surface area contributed by atoms with Gasteiger partial charge in [0.2, 0.25) is 0 Å². The average molecular weight is 271 g/mol. The first-order valence-corrected chi connectivity index (χ1v) is 6.15. The highest BCUT2D eigenvalue weighted by Gasteiger charge is 2.17. The second-order valence-corrected chi connectivity index (χ2v) is 4.12. The molecule has 0 aliphatic rings. The van der Waals surface area contributed by atoms with Crippen molar-refractivity contribution in [2.75, 3.05) is 6.61 Å². The van der Waals surface area contributed by atoms with E-state index in [1.165, 1.54) is 12.1 Å². The molecule has 1 aromatic carbocycles. The van der Waals surface area contributed by atoms with Crippen molar-refractivity contribution in [2.45, 2.75) is 26.2 Å². The third kappa shape index (κ3) is 5.19. The molecule has 0 atom stereocenters. The van der Waals surface area contributed by atoms with E-state index in [4.69, 9.17) is 21.1 Å². The Labute approximate surface area is 111 Å². The molecule has 1 rings (SSSR count). The zero-order valence-electron chi connectivity index (χ0n) is 10.1. The van der Waals surface area contributed by atoms with E-state index in [1.54, 1.807) is 12.1 Å². The smallest absolute Gasteiger partial charge is 0.422 e. The molecule has 4 nitrogen and oxygen atoms in total. The molecule has 0 saturated carbocycles. The quantitative estimate of drug-likeness (QED) is 0.357. The van der Waals surface area contributed by atoms with Crippen LogP contribution in [0.25, 0.3) is 0 Å². The van der Waals surface area contributed by atoms with E-state index in [-0.39, 0.29) is 12.4 Å². The van der Waals surface area contributed by atoms with E-state index in [0.717, 1.165) is 19.3 Å². The molecule has 0 spiro atoms. The van der Waals surface area contributed by atoms with Crippen LogP contribution in [0.1, 0.15) is 26.2 Å². The van der Waals surface area contributed by atoms with E-state index < -0.39 is 11.9 Å². The number of unbranched alkanes of at least 4 members (excludes halogenated alkanes) is 2. The van der Waals surface area contributed by atoms with E-state index in [1.807, 2.05) is 6.92 Å². The molecule has 5 heteroatoms. The minimum Gasteiger partial charge on any atom is -0.457 e. The number of carbonyl (C=O) groups excluding carboxylic acids is 2. The van der Waals surface area contributed by atoms with Gasteiger partial charge in [0.05, 0.1) is 6.61 Å². The number of hydrogen-bond donors (Lipinski definition) is 0. The predicted octanol–water partition coefficient (Wildman–Crippen LogP) is 2.98. The molecule has 0 aromatic heterocycles. The van der Waals surface area contributed by atoms with Gasteiger partial charge in [-0.2, -0.15) is 0 Å². The lowest BCUT2D eigenvalue weighted by atomic mass is 10.3. The number of hydrogen-bond acceptors (Lipinski definition) is 4. The summed E-state index contributed by atoms with van der Waals surface area (Å²) >= 11 is 5.68. The van der Waals surface area contributed by atoms with Crippen LogP contribution in [0.5, 0.6) is 5.75 Å². The van der Waals surface area contributed by atoms with Crippen LogP contribution in [0, 0.1) is 0 Å². The van der Waals surface area contributed by atoms with Gasteiger partial charge in [-0.05, 0) is 30.7 Å². The second kappa shape index (κ2) is 7.71. The molecule has 98 valence electrons. The number of esters is 2. The molecular formula is C13H15ClO4. The summed E-state index contributed by atoms with van der Waals surface area (Å²) < 4.78 is 9.58. The van der Waals surface area contributed by atoms with Crippen LogP contribution < -0.4 is 4.74 Å². The van der Waals surface area contributed by atoms with Gasteiger partial charge in [-0.3, -0.25) is 0 Å². The van der Waals surface area contributed by atoms with Crippen molar-refractivity contribution in [2.24, 2.45) is 0 Å². The lowest BCUT2D eigenvalue weighted by Crippen LogP contribution is -2.23. The van der Waals surface area contributed by atoms with Gasteiger partial charge < -0.3 is 9.47 Å². The van der Waals surface area contributed by atoms with Crippen molar-refractivity contribution in [3.05, 3.63) is 29.3 Å². The van der Waals surface area contributed by atoms with Gasteiger partial charge in [-0.15, -0.1) is 0 Å². The fourth-order valence-electron chi connectivity index (χ4n) is 1.23. The lowest BCUT2D eigenvalue weighted by molar-refractivity contribution is -0.162. The third-order valence-corrected chi connectivity index (χ3v) is 2.42. The summed E-state index contributed by atoms with van der Waals surface area (Å²) in [5.74, 6) is -1.73. The van der Waals surface area contributed by atoms with Crippen LogP contribution in [-0.4, -0.2) is 18.5 Å². The zero-order chi connectivity index (χ0) is 13.4. The maximum absolute atomic E-state index is 11.3. The van der Waals surface area contributed by atoms with Crippen LogP contribution in [0.15, 0.2) is 24.3 Å². The van der Waals surface area contributed by atoms with Crippen molar-refractivity contribution >= 4 is 23.5 Å². The van der Waals surface area contributed by atoms with Crippen molar-refractivity contribution in [3.8, 4) is 5.75 Å². The van der Waals surface area contributed by atoms with Crippen molar-refractivity contribution in [3.63, 3.8) is 0 Å². The second-order valence-electron chi connectivity index (χ2n) is 3.69. The summed E-state index contributed by atoms with van der Waals surface area (Å²) in [4.78, 5) is 22.6. The number of carbonyl (C=O) groups is 2. The summed E-state index contributed by atoms with van der Waals surface area (Å²) in [6.07, 6.45) is 2.72. The highest BCUT2D eigenvalue weighted by Crippen LogP contribution is 2.15. The highest BCUT2D eigenvalue weighted by atomic mass is 35.5. The van der Waals surface area contributed by atoms with Crippen LogP contribution in [0.3, 0.4) is 0 Å². The Hall–Kier alpha value is -1.55. The van der Waals surface area contributed by atoms with Crippen LogP contribution in [0.4, 0.5) is 0 Å². The molecule has 0 fully saturated rings. The Morgan fingerprint density at radius 3 is 2.39 bits per heavy atom. The van der Waals surface area contributed by atoms with E-state index >= 15 is 0 Å². The van der Waals surface area contributed by atoms with Crippen molar-refractivity contribution in [1.29, 1.82) is 0 Å². The normalized spacial score (nSPS) is 9.89. The lowest BCUT2D eigenvalue weighted by Gasteiger charge is -2.04. The number of rotatable bonds is 5. The Morgan fingerprint density at radius 1 is 1.11 bits per heavy atom. The van der Waals surface area contributed by atoms with Crippen LogP contribution in [0.2, 0.25) is 5.02 Å². The monoisotopic (exact) mass is 270 g/mol. The largest absolute Gasteiger partial charge is 0.457 e. The van der Waals surface area contributed by atoms with Gasteiger partial charge in [-0.25, -0.2) is 9.59 Å². The zero-order valence-corrected chi connectivity index (χ0v) is 10.9. The molecule has 0 amide bonds. The molecule has 0 aliphatic heterocycles. The number of halogens is 1. The summed E-state index contributed by atoms with van der Waals surface area (Å²) in [6.45, 7) is 2.28. The average Bonchev–Trinajstić information content (AvgIpc) is 2.37. The molecule has 0 bridgehead atoms. The molecule has 0 heterocycles. The van der Waals surface area contributed by atoms with E-state index in [0.29, 0.717) is 5.02 Å². The minimum atomic E-state index is -1.02. The fraction of sp³-hybridized carbons (Fsp3) is 0.385. The van der Waals surface area contributed by atoms with Crippen LogP contribution in [-0.2, 0) is 14.3 Å². The van der Waals surface area contributed by atoms with Gasteiger partial charge in [-0.1, -0.05) is 31.4 Å². The molecule has 0 aliphatic carbocycles. The number of ether oxygens (including phenoxy) is 2. The van der Waals surface area contributed by atoms with Gasteiger partial charge in [0.25, 0.3) is 0 Å². The molecule has 0 saturated heterocycles. The minimum absolute atomic E-state index is 0.238. The Balaban J connectivity index is 2.35. The molecule has 1 aromatic rings. The highest BCUT2D eigenvalue weighted by molar-refractivity contribution is 6.31. The molecule has 0 unspecified atom stereocenters. The first-order valence-electron chi connectivity index (χ1n) is 5.78. The molecular weight excluding hydrogens is 256 g/mol. The van der Waals surface area contributed by atoms with E-state index in [9.17, 15) is 9.59 Å². The fourth-order valence-corrected chi connectivity index (χ4v) is 1.35. The summed E-state index contributed by atoms with van der Waals surface area (Å²) in [5, 5.41) is 0.525. The van der Waals surface area contributed by atoms with Gasteiger partial charge in [0.1, 0.15) is 5.75 Å². The molecule has 0 radical (unpaired) electrons. The van der Waals surface area contributed by atoms with Gasteiger partial charge in [0, 0.05) is 5.02 Å². The van der Waals surface area contributed by atoms with Crippen molar-refractivity contribution in [1.82, 2.24) is 0 Å². The molecule has 18 heavy (non-hydrogen) atoms. The van der Waals surface area contributed by atoms with E-state index in [2.05, 4.69) is 0 Å². The Morgan fingerprint density at radius 2 is 1.78 bits per heavy atom. The predicted molar refractivity (Wildman–Crippen MR) is 67.6 cm³/mol. The maximum atomic E-state index is 11.3. The molecule has 0 N–H and O–H groups in total. The Kier molecular flexibility index (Phi) is 6.22. The van der Waals surface area contributed by atoms with Gasteiger partial charge >= 0.3 is 11.9 Å². The SMILES string of the molecule is CCCCCOC(=O)C(=O)Oc1ccc(Cl)cc1. The summed E-state index contributed by atoms with van der Waals surface area (Å²) in [5.41, 5.74) is 0. The first kappa shape index (κ1) is 14.5. The third-order valence-electron chi connectivity index (χ3n) is 2.17. The first-order chi connectivity index (χ1) is 8.63. The van der Waals surface area contributed by atoms with Gasteiger partial charge in [0.15, 0.2) is 0 Å². The van der Waals surface area contributed by atoms with Crippen molar-refractivity contribution < 1.29 is 19.1 Å². The Bertz CT molecular complexity index is 400. The standard InChI is InChI=1S/C13H15ClO4/c1-2-3-4-9-17-12(15)13(16)18-11-7-5-10(14)6-8-11/h5-8H,2-4,9H2,1H3. The summed E-state index contributed by atoms with van der Waals surface area (Å²) in [6, 6.07) is 6.14. The van der Waals surface area contributed by atoms with Crippen LogP contribution >= 0.6 is 11.6 Å². The summed E-state index contributed by atoms with van der Waals surface area (Å²) in [7, 11) is 0. The number of benzene rings is 1.